The summed E-state index contributed by atoms with van der Waals surface area (Å²) in [5, 5.41) is 8.32. The predicted octanol–water partition coefficient (Wildman–Crippen LogP) is 1.94. The Morgan fingerprint density at radius 1 is 1.44 bits per heavy atom. The summed E-state index contributed by atoms with van der Waals surface area (Å²) in [6.45, 7) is 4.14. The molecule has 0 aromatic carbocycles. The second-order valence-corrected chi connectivity index (χ2v) is 5.21. The number of nitrogens with two attached hydrogens (primary N) is 1. The highest BCUT2D eigenvalue weighted by Crippen LogP contribution is 2.25. The number of nitrogens with zero attached hydrogens (tertiary/aromatic N) is 3. The lowest BCUT2D eigenvalue weighted by Crippen LogP contribution is -2.21. The van der Waals surface area contributed by atoms with Crippen molar-refractivity contribution in [2.45, 2.75) is 42.9 Å². The lowest BCUT2D eigenvalue weighted by Gasteiger charge is -2.10. The van der Waals surface area contributed by atoms with E-state index in [4.69, 9.17) is 5.73 Å². The first-order valence-electron chi connectivity index (χ1n) is 5.93. The summed E-state index contributed by atoms with van der Waals surface area (Å²) in [6, 6.07) is 2.35. The maximum atomic E-state index is 5.95. The lowest BCUT2D eigenvalue weighted by molar-refractivity contribution is 0.644. The summed E-state index contributed by atoms with van der Waals surface area (Å²) in [6.07, 6.45) is 5.23. The van der Waals surface area contributed by atoms with Gasteiger partial charge in [0, 0.05) is 12.2 Å². The molecule has 2 heterocycles. The molecule has 1 unspecified atom stereocenters. The fourth-order valence-corrected chi connectivity index (χ4v) is 2.33. The first kappa shape index (κ1) is 13.0. The molecule has 0 saturated carbocycles. The van der Waals surface area contributed by atoms with E-state index in [1.807, 2.05) is 13.1 Å². The molecule has 1 atom stereocenters. The molecular weight excluding hydrogens is 246 g/mol. The van der Waals surface area contributed by atoms with Crippen molar-refractivity contribution in [3.8, 4) is 0 Å². The molecule has 2 rings (SSSR count). The summed E-state index contributed by atoms with van der Waals surface area (Å²) in [7, 11) is 0. The van der Waals surface area contributed by atoms with Crippen molar-refractivity contribution in [3.63, 3.8) is 0 Å². The molecule has 0 aliphatic heterocycles. The highest BCUT2D eigenvalue weighted by Gasteiger charge is 2.08. The van der Waals surface area contributed by atoms with Gasteiger partial charge in [-0.15, -0.1) is 0 Å². The third kappa shape index (κ3) is 3.30. The van der Waals surface area contributed by atoms with Gasteiger partial charge in [0.15, 0.2) is 5.16 Å². The highest BCUT2D eigenvalue weighted by molar-refractivity contribution is 7.99. The average Bonchev–Trinajstić information content (AvgIpc) is 2.85. The summed E-state index contributed by atoms with van der Waals surface area (Å²) in [5.74, 6) is 0. The van der Waals surface area contributed by atoms with Gasteiger partial charge in [0.05, 0.1) is 0 Å². The molecule has 0 aliphatic carbocycles. The first-order valence-corrected chi connectivity index (χ1v) is 6.75. The molecule has 0 amide bonds. The van der Waals surface area contributed by atoms with Gasteiger partial charge in [0.25, 0.3) is 0 Å². The number of rotatable bonds is 5. The lowest BCUT2D eigenvalue weighted by atomic mass is 10.1. The smallest absolute Gasteiger partial charge is 0.189 e. The number of hydrogen-bond donors (Lipinski definition) is 2. The maximum absolute atomic E-state index is 5.95. The number of aryl methyl sites for hydroxylation is 1. The normalized spacial score (nSPS) is 12.6. The molecule has 2 aromatic heterocycles. The number of pyridine rings is 1. The van der Waals surface area contributed by atoms with Gasteiger partial charge in [-0.05, 0) is 42.7 Å². The topological polar surface area (TPSA) is 80.5 Å². The van der Waals surface area contributed by atoms with Crippen LogP contribution in [0.1, 0.15) is 24.5 Å². The zero-order chi connectivity index (χ0) is 13.0. The molecule has 2 aromatic rings. The standard InChI is InChI=1S/C12H17N5S/c1-3-10(13)5-9-4-8(2)11(14-6-9)18-12-15-7-16-17-12/h4,6-7,10H,3,5,13H2,1-2H3,(H,15,16,17). The van der Waals surface area contributed by atoms with Gasteiger partial charge in [-0.2, -0.15) is 5.10 Å². The zero-order valence-electron chi connectivity index (χ0n) is 10.6. The van der Waals surface area contributed by atoms with Crippen LogP contribution in [0.25, 0.3) is 0 Å². The average molecular weight is 263 g/mol. The van der Waals surface area contributed by atoms with E-state index in [1.165, 1.54) is 23.7 Å². The van der Waals surface area contributed by atoms with Gasteiger partial charge in [-0.1, -0.05) is 13.0 Å². The Morgan fingerprint density at radius 2 is 2.28 bits per heavy atom. The van der Waals surface area contributed by atoms with Crippen LogP contribution in [-0.2, 0) is 6.42 Å². The van der Waals surface area contributed by atoms with Gasteiger partial charge < -0.3 is 5.73 Å². The van der Waals surface area contributed by atoms with Crippen LogP contribution in [0.4, 0.5) is 0 Å². The van der Waals surface area contributed by atoms with Crippen LogP contribution < -0.4 is 5.73 Å². The molecule has 0 radical (unpaired) electrons. The molecule has 0 bridgehead atoms. The van der Waals surface area contributed by atoms with Crippen LogP contribution in [0.5, 0.6) is 0 Å². The van der Waals surface area contributed by atoms with Crippen molar-refractivity contribution in [1.29, 1.82) is 0 Å². The largest absolute Gasteiger partial charge is 0.327 e. The molecular formula is C12H17N5S. The third-order valence-electron chi connectivity index (χ3n) is 2.70. The Labute approximate surface area is 111 Å². The van der Waals surface area contributed by atoms with Gasteiger partial charge in [-0.3, -0.25) is 5.10 Å². The number of hydrogen-bond acceptors (Lipinski definition) is 5. The van der Waals surface area contributed by atoms with E-state index >= 15 is 0 Å². The highest BCUT2D eigenvalue weighted by atomic mass is 32.2. The van der Waals surface area contributed by atoms with E-state index in [9.17, 15) is 0 Å². The van der Waals surface area contributed by atoms with Crippen molar-refractivity contribution < 1.29 is 0 Å². The van der Waals surface area contributed by atoms with Crippen LogP contribution in [-0.4, -0.2) is 26.2 Å². The van der Waals surface area contributed by atoms with Crippen LogP contribution in [0.2, 0.25) is 0 Å². The second-order valence-electron chi connectivity index (χ2n) is 4.23. The minimum absolute atomic E-state index is 0.207. The van der Waals surface area contributed by atoms with Gasteiger partial charge >= 0.3 is 0 Å². The minimum atomic E-state index is 0.207. The second kappa shape index (κ2) is 5.97. The number of aromatic amines is 1. The molecule has 0 aliphatic rings. The SMILES string of the molecule is CCC(N)Cc1cnc(Sc2ncn[nH]2)c(C)c1. The molecule has 6 heteroatoms. The van der Waals surface area contributed by atoms with Crippen LogP contribution >= 0.6 is 11.8 Å². The summed E-state index contributed by atoms with van der Waals surface area (Å²) >= 11 is 1.48. The quantitative estimate of drug-likeness (QED) is 0.861. The van der Waals surface area contributed by atoms with E-state index in [0.717, 1.165) is 28.6 Å². The molecule has 0 spiro atoms. The first-order chi connectivity index (χ1) is 8.69. The molecule has 96 valence electrons. The van der Waals surface area contributed by atoms with Crippen molar-refractivity contribution >= 4 is 11.8 Å². The number of aromatic nitrogens is 4. The van der Waals surface area contributed by atoms with Gasteiger partial charge in [-0.25, -0.2) is 9.97 Å². The molecule has 0 saturated heterocycles. The van der Waals surface area contributed by atoms with E-state index in [1.54, 1.807) is 0 Å². The summed E-state index contributed by atoms with van der Waals surface area (Å²) < 4.78 is 0. The molecule has 3 N–H and O–H groups in total. The summed E-state index contributed by atoms with van der Waals surface area (Å²) in [4.78, 5) is 8.53. The van der Waals surface area contributed by atoms with Crippen molar-refractivity contribution in [3.05, 3.63) is 29.7 Å². The van der Waals surface area contributed by atoms with Crippen molar-refractivity contribution in [1.82, 2.24) is 20.2 Å². The van der Waals surface area contributed by atoms with Crippen LogP contribution in [0.3, 0.4) is 0 Å². The monoisotopic (exact) mass is 263 g/mol. The van der Waals surface area contributed by atoms with E-state index in [2.05, 4.69) is 33.2 Å². The van der Waals surface area contributed by atoms with Gasteiger partial charge in [0.2, 0.25) is 0 Å². The predicted molar refractivity (Wildman–Crippen MR) is 71.5 cm³/mol. The molecule has 18 heavy (non-hydrogen) atoms. The Morgan fingerprint density at radius 3 is 2.89 bits per heavy atom. The Balaban J connectivity index is 2.10. The Bertz CT molecular complexity index is 497. The Kier molecular flexibility index (Phi) is 4.33. The Hall–Kier alpha value is -1.40. The van der Waals surface area contributed by atoms with Crippen LogP contribution in [0.15, 0.2) is 28.8 Å². The van der Waals surface area contributed by atoms with Crippen molar-refractivity contribution in [2.75, 3.05) is 0 Å². The fourth-order valence-electron chi connectivity index (χ4n) is 1.62. The van der Waals surface area contributed by atoms with E-state index in [-0.39, 0.29) is 6.04 Å². The van der Waals surface area contributed by atoms with Crippen molar-refractivity contribution in [2.24, 2.45) is 5.73 Å². The zero-order valence-corrected chi connectivity index (χ0v) is 11.4. The maximum Gasteiger partial charge on any atom is 0.189 e. The fraction of sp³-hybridized carbons (Fsp3) is 0.417. The number of nitrogens with one attached hydrogen (secondary N) is 1. The van der Waals surface area contributed by atoms with Crippen LogP contribution in [0, 0.1) is 6.92 Å². The minimum Gasteiger partial charge on any atom is -0.327 e. The molecule has 5 nitrogen and oxygen atoms in total. The van der Waals surface area contributed by atoms with E-state index in [0.29, 0.717) is 0 Å². The van der Waals surface area contributed by atoms with Gasteiger partial charge in [0.1, 0.15) is 11.4 Å². The summed E-state index contributed by atoms with van der Waals surface area (Å²) in [5.41, 5.74) is 8.27. The number of H-pyrrole nitrogens is 1. The molecule has 0 fully saturated rings. The third-order valence-corrected chi connectivity index (χ3v) is 3.71. The van der Waals surface area contributed by atoms with E-state index < -0.39 is 0 Å².